The van der Waals surface area contributed by atoms with E-state index >= 15 is 0 Å². The lowest BCUT2D eigenvalue weighted by atomic mass is 9.90. The Kier molecular flexibility index (Phi) is 5.26. The van der Waals surface area contributed by atoms with Crippen LogP contribution in [0.5, 0.6) is 0 Å². The van der Waals surface area contributed by atoms with Gasteiger partial charge in [-0.2, -0.15) is 0 Å². The minimum absolute atomic E-state index is 0.468. The smallest absolute Gasteiger partial charge is 0.0468 e. The average Bonchev–Trinajstić information content (AvgIpc) is 2.38. The standard InChI is InChI=1S/C14H28N2O/c1-16(14-4-2-13(15)3-5-14)9-6-12-7-10-17-11-8-12/h12-14H,2-11,15H2,1H3. The molecule has 0 aromatic heterocycles. The highest BCUT2D eigenvalue weighted by Crippen LogP contribution is 2.23. The molecule has 0 amide bonds. The molecule has 1 aliphatic heterocycles. The van der Waals surface area contributed by atoms with E-state index in [1.54, 1.807) is 0 Å². The molecule has 1 saturated carbocycles. The van der Waals surface area contributed by atoms with Crippen molar-refractivity contribution in [3.8, 4) is 0 Å². The molecule has 0 unspecified atom stereocenters. The first-order valence-corrected chi connectivity index (χ1v) is 7.29. The highest BCUT2D eigenvalue weighted by molar-refractivity contribution is 4.80. The summed E-state index contributed by atoms with van der Waals surface area (Å²) in [6.45, 7) is 3.21. The molecule has 2 aliphatic rings. The van der Waals surface area contributed by atoms with E-state index < -0.39 is 0 Å². The second kappa shape index (κ2) is 6.72. The fraction of sp³-hybridized carbons (Fsp3) is 1.00. The molecular formula is C14H28N2O. The Balaban J connectivity index is 1.64. The summed E-state index contributed by atoms with van der Waals surface area (Å²) in [5.41, 5.74) is 5.96. The van der Waals surface area contributed by atoms with Gasteiger partial charge < -0.3 is 15.4 Å². The van der Waals surface area contributed by atoms with E-state index in [1.165, 1.54) is 51.5 Å². The predicted octanol–water partition coefficient (Wildman–Crippen LogP) is 2.00. The van der Waals surface area contributed by atoms with E-state index in [1.807, 2.05) is 0 Å². The van der Waals surface area contributed by atoms with Crippen molar-refractivity contribution in [1.82, 2.24) is 4.90 Å². The van der Waals surface area contributed by atoms with E-state index in [2.05, 4.69) is 11.9 Å². The van der Waals surface area contributed by atoms with Crippen molar-refractivity contribution < 1.29 is 4.74 Å². The summed E-state index contributed by atoms with van der Waals surface area (Å²) in [6, 6.07) is 1.25. The molecule has 2 rings (SSSR count). The normalized spacial score (nSPS) is 31.9. The largest absolute Gasteiger partial charge is 0.381 e. The third-order valence-corrected chi connectivity index (χ3v) is 4.60. The van der Waals surface area contributed by atoms with Crippen LogP contribution in [-0.4, -0.2) is 43.8 Å². The minimum Gasteiger partial charge on any atom is -0.381 e. The molecule has 0 bridgehead atoms. The minimum atomic E-state index is 0.468. The molecule has 0 radical (unpaired) electrons. The van der Waals surface area contributed by atoms with Gasteiger partial charge in [-0.05, 0) is 64.5 Å². The van der Waals surface area contributed by atoms with Gasteiger partial charge in [0.25, 0.3) is 0 Å². The Morgan fingerprint density at radius 3 is 2.35 bits per heavy atom. The van der Waals surface area contributed by atoms with Crippen molar-refractivity contribution in [1.29, 1.82) is 0 Å². The number of hydrogen-bond donors (Lipinski definition) is 1. The first kappa shape index (κ1) is 13.3. The molecule has 0 aromatic carbocycles. The molecule has 100 valence electrons. The fourth-order valence-corrected chi connectivity index (χ4v) is 3.15. The quantitative estimate of drug-likeness (QED) is 0.817. The van der Waals surface area contributed by atoms with Crippen LogP contribution in [0.2, 0.25) is 0 Å². The van der Waals surface area contributed by atoms with Crippen LogP contribution in [-0.2, 0) is 4.74 Å². The highest BCUT2D eigenvalue weighted by atomic mass is 16.5. The van der Waals surface area contributed by atoms with Gasteiger partial charge in [0.1, 0.15) is 0 Å². The highest BCUT2D eigenvalue weighted by Gasteiger charge is 2.22. The van der Waals surface area contributed by atoms with Crippen molar-refractivity contribution in [3.05, 3.63) is 0 Å². The summed E-state index contributed by atoms with van der Waals surface area (Å²) in [6.07, 6.45) is 8.91. The van der Waals surface area contributed by atoms with Crippen molar-refractivity contribution in [2.75, 3.05) is 26.8 Å². The van der Waals surface area contributed by atoms with Crippen LogP contribution >= 0.6 is 0 Å². The summed E-state index contributed by atoms with van der Waals surface area (Å²) >= 11 is 0. The maximum absolute atomic E-state index is 5.96. The Morgan fingerprint density at radius 2 is 1.71 bits per heavy atom. The number of rotatable bonds is 4. The third kappa shape index (κ3) is 4.23. The first-order chi connectivity index (χ1) is 8.25. The second-order valence-electron chi connectivity index (χ2n) is 5.89. The summed E-state index contributed by atoms with van der Waals surface area (Å²) in [5.74, 6) is 0.900. The summed E-state index contributed by atoms with van der Waals surface area (Å²) in [4.78, 5) is 2.57. The van der Waals surface area contributed by atoms with E-state index in [0.29, 0.717) is 6.04 Å². The van der Waals surface area contributed by atoms with Gasteiger partial charge in [0.05, 0.1) is 0 Å². The summed E-state index contributed by atoms with van der Waals surface area (Å²) < 4.78 is 5.41. The Bertz CT molecular complexity index is 208. The number of nitrogens with zero attached hydrogens (tertiary/aromatic N) is 1. The van der Waals surface area contributed by atoms with Gasteiger partial charge in [0.2, 0.25) is 0 Å². The molecule has 2 fully saturated rings. The van der Waals surface area contributed by atoms with Crippen LogP contribution in [0.4, 0.5) is 0 Å². The molecule has 1 saturated heterocycles. The van der Waals surface area contributed by atoms with Crippen LogP contribution < -0.4 is 5.73 Å². The summed E-state index contributed by atoms with van der Waals surface area (Å²) in [7, 11) is 2.29. The average molecular weight is 240 g/mol. The number of ether oxygens (including phenoxy) is 1. The lowest BCUT2D eigenvalue weighted by molar-refractivity contribution is 0.0581. The van der Waals surface area contributed by atoms with Gasteiger partial charge in [0.15, 0.2) is 0 Å². The molecule has 1 aliphatic carbocycles. The van der Waals surface area contributed by atoms with E-state index in [-0.39, 0.29) is 0 Å². The van der Waals surface area contributed by atoms with Crippen LogP contribution in [0, 0.1) is 5.92 Å². The summed E-state index contributed by atoms with van der Waals surface area (Å²) in [5, 5.41) is 0. The zero-order valence-corrected chi connectivity index (χ0v) is 11.2. The topological polar surface area (TPSA) is 38.5 Å². The molecular weight excluding hydrogens is 212 g/mol. The van der Waals surface area contributed by atoms with Gasteiger partial charge in [-0.1, -0.05) is 0 Å². The lowest BCUT2D eigenvalue weighted by Crippen LogP contribution is -2.39. The van der Waals surface area contributed by atoms with Crippen LogP contribution in [0.25, 0.3) is 0 Å². The molecule has 1 heterocycles. The van der Waals surface area contributed by atoms with E-state index in [4.69, 9.17) is 10.5 Å². The van der Waals surface area contributed by atoms with Crippen molar-refractivity contribution in [2.45, 2.75) is 57.0 Å². The van der Waals surface area contributed by atoms with Crippen molar-refractivity contribution >= 4 is 0 Å². The van der Waals surface area contributed by atoms with Crippen LogP contribution in [0.1, 0.15) is 44.9 Å². The van der Waals surface area contributed by atoms with Gasteiger partial charge in [-0.3, -0.25) is 0 Å². The number of hydrogen-bond acceptors (Lipinski definition) is 3. The fourth-order valence-electron chi connectivity index (χ4n) is 3.15. The molecule has 17 heavy (non-hydrogen) atoms. The van der Waals surface area contributed by atoms with E-state index in [0.717, 1.165) is 25.2 Å². The SMILES string of the molecule is CN(CCC1CCOCC1)C1CCC(N)CC1. The van der Waals surface area contributed by atoms with Crippen LogP contribution in [0.15, 0.2) is 0 Å². The van der Waals surface area contributed by atoms with Gasteiger partial charge in [-0.25, -0.2) is 0 Å². The van der Waals surface area contributed by atoms with Crippen molar-refractivity contribution in [3.63, 3.8) is 0 Å². The van der Waals surface area contributed by atoms with Crippen molar-refractivity contribution in [2.24, 2.45) is 11.7 Å². The van der Waals surface area contributed by atoms with Gasteiger partial charge in [-0.15, -0.1) is 0 Å². The predicted molar refractivity (Wildman–Crippen MR) is 71.0 cm³/mol. The molecule has 3 heteroatoms. The Morgan fingerprint density at radius 1 is 1.06 bits per heavy atom. The van der Waals surface area contributed by atoms with Gasteiger partial charge >= 0.3 is 0 Å². The Labute approximate surface area is 106 Å². The van der Waals surface area contributed by atoms with E-state index in [9.17, 15) is 0 Å². The monoisotopic (exact) mass is 240 g/mol. The molecule has 3 nitrogen and oxygen atoms in total. The molecule has 0 spiro atoms. The second-order valence-corrected chi connectivity index (χ2v) is 5.89. The van der Waals surface area contributed by atoms with Crippen LogP contribution in [0.3, 0.4) is 0 Å². The number of nitrogens with two attached hydrogens (primary N) is 1. The molecule has 0 atom stereocenters. The third-order valence-electron chi connectivity index (χ3n) is 4.60. The zero-order chi connectivity index (χ0) is 12.1. The lowest BCUT2D eigenvalue weighted by Gasteiger charge is -2.34. The Hall–Kier alpha value is -0.120. The molecule has 2 N–H and O–H groups in total. The van der Waals surface area contributed by atoms with Gasteiger partial charge in [0, 0.05) is 25.3 Å². The first-order valence-electron chi connectivity index (χ1n) is 7.29. The molecule has 0 aromatic rings. The maximum atomic E-state index is 5.96. The zero-order valence-electron chi connectivity index (χ0n) is 11.2. The maximum Gasteiger partial charge on any atom is 0.0468 e.